The minimum Gasteiger partial charge on any atom is -0.453 e. The summed E-state index contributed by atoms with van der Waals surface area (Å²) in [5, 5.41) is 27.2. The SMILES string of the molecule is CC1=CCCC2(C)C(CCC2(O)CN(Cc2ccccc2)C(=O)Nc2ccccc2)c2ccc(cc2C(=O)c2ccc(-c3cc(C(F)(F)F)ccc3Cl)o2)CC(O)CC1. The molecule has 11 heteroatoms. The van der Waals surface area contributed by atoms with Crippen LogP contribution in [0.3, 0.4) is 0 Å². The van der Waals surface area contributed by atoms with E-state index >= 15 is 0 Å². The third kappa shape index (κ3) is 9.20. The van der Waals surface area contributed by atoms with E-state index in [9.17, 15) is 33.0 Å². The Kier molecular flexibility index (Phi) is 12.2. The largest absolute Gasteiger partial charge is 0.453 e. The molecule has 7 nitrogen and oxygen atoms in total. The average Bonchev–Trinajstić information content (AvgIpc) is 3.79. The smallest absolute Gasteiger partial charge is 0.416 e. The van der Waals surface area contributed by atoms with Crippen LogP contribution in [0.2, 0.25) is 5.02 Å². The lowest BCUT2D eigenvalue weighted by Gasteiger charge is -2.46. The van der Waals surface area contributed by atoms with E-state index in [1.54, 1.807) is 11.0 Å². The van der Waals surface area contributed by atoms with E-state index in [2.05, 4.69) is 11.4 Å². The molecular weight excluding hydrogens is 777 g/mol. The number of carbonyl (C=O) groups excluding carboxylic acids is 2. The Morgan fingerprint density at radius 1 is 0.932 bits per heavy atom. The highest BCUT2D eigenvalue weighted by Gasteiger charge is 2.57. The van der Waals surface area contributed by atoms with Gasteiger partial charge in [0.25, 0.3) is 0 Å². The number of benzene rings is 4. The van der Waals surface area contributed by atoms with E-state index in [0.717, 1.165) is 34.9 Å². The number of nitrogens with one attached hydrogen (secondary N) is 1. The Morgan fingerprint density at radius 2 is 1.66 bits per heavy atom. The van der Waals surface area contributed by atoms with Crippen molar-refractivity contribution in [2.45, 2.75) is 89.1 Å². The molecule has 3 N–H and O–H groups in total. The summed E-state index contributed by atoms with van der Waals surface area (Å²) in [5.74, 6) is -0.924. The van der Waals surface area contributed by atoms with Crippen LogP contribution in [0.15, 0.2) is 125 Å². The van der Waals surface area contributed by atoms with E-state index in [4.69, 9.17) is 16.0 Å². The lowest BCUT2D eigenvalue weighted by molar-refractivity contribution is -0.137. The molecule has 1 heterocycles. The summed E-state index contributed by atoms with van der Waals surface area (Å²) in [6.45, 7) is 4.35. The van der Waals surface area contributed by atoms with Gasteiger partial charge >= 0.3 is 12.2 Å². The molecule has 308 valence electrons. The van der Waals surface area contributed by atoms with Crippen molar-refractivity contribution in [1.82, 2.24) is 4.90 Å². The van der Waals surface area contributed by atoms with Gasteiger partial charge in [0.15, 0.2) is 5.76 Å². The van der Waals surface area contributed by atoms with E-state index in [1.807, 2.05) is 86.6 Å². The number of aliphatic hydroxyl groups excluding tert-OH is 1. The van der Waals surface area contributed by atoms with Gasteiger partial charge in [-0.15, -0.1) is 0 Å². The van der Waals surface area contributed by atoms with Gasteiger partial charge in [0.2, 0.25) is 5.78 Å². The fourth-order valence-corrected chi connectivity index (χ4v) is 9.08. The number of rotatable bonds is 8. The molecule has 3 aliphatic carbocycles. The predicted molar refractivity (Wildman–Crippen MR) is 223 cm³/mol. The van der Waals surface area contributed by atoms with Gasteiger partial charge < -0.3 is 24.8 Å². The summed E-state index contributed by atoms with van der Waals surface area (Å²) >= 11 is 6.34. The van der Waals surface area contributed by atoms with Crippen molar-refractivity contribution in [3.63, 3.8) is 0 Å². The molecule has 4 atom stereocenters. The maximum Gasteiger partial charge on any atom is 0.416 e. The molecule has 0 spiro atoms. The van der Waals surface area contributed by atoms with Gasteiger partial charge in [-0.1, -0.05) is 90.8 Å². The number of hydrogen-bond donors (Lipinski definition) is 3. The number of amides is 2. The number of nitrogens with zero attached hydrogens (tertiary/aromatic N) is 1. The second kappa shape index (κ2) is 17.2. The van der Waals surface area contributed by atoms with Crippen molar-refractivity contribution in [1.29, 1.82) is 0 Å². The van der Waals surface area contributed by atoms with Crippen LogP contribution in [0.4, 0.5) is 23.7 Å². The van der Waals surface area contributed by atoms with Gasteiger partial charge in [0.05, 0.1) is 28.8 Å². The van der Waals surface area contributed by atoms with E-state index in [-0.39, 0.29) is 47.1 Å². The Bertz CT molecular complexity index is 2330. The number of halogens is 4. The molecule has 4 aromatic carbocycles. The third-order valence-corrected chi connectivity index (χ3v) is 12.6. The van der Waals surface area contributed by atoms with E-state index in [1.165, 1.54) is 12.1 Å². The minimum atomic E-state index is -4.61. The number of hydrogen-bond acceptors (Lipinski definition) is 5. The van der Waals surface area contributed by atoms with Crippen LogP contribution in [0.25, 0.3) is 11.3 Å². The molecule has 2 bridgehead atoms. The second-order valence-corrected chi connectivity index (χ2v) is 16.7. The number of urea groups is 1. The number of aliphatic hydroxyl groups is 2. The van der Waals surface area contributed by atoms with Crippen molar-refractivity contribution in [3.8, 4) is 11.3 Å². The summed E-state index contributed by atoms with van der Waals surface area (Å²) in [7, 11) is 0. The summed E-state index contributed by atoms with van der Waals surface area (Å²) in [4.78, 5) is 30.4. The van der Waals surface area contributed by atoms with Gasteiger partial charge in [-0.3, -0.25) is 4.79 Å². The Morgan fingerprint density at radius 3 is 2.39 bits per heavy atom. The average molecular weight is 825 g/mol. The standard InChI is InChI=1S/C48H48ClF3N2O5/c1-31-10-9-24-46(2)40(23-25-47(46,58)30-54(29-32-11-5-3-6-12-32)45(57)53-35-13-7-4-8-14-35)37-19-16-33(26-36(55)18-15-31)27-38(37)44(56)43-22-21-42(59-43)39-28-34(48(50,51)52)17-20-41(39)49/h3-8,10-14,16-17,19-22,27-28,36,40,55,58H,9,15,18,23-26,29-30H2,1-2H3,(H,53,57). The number of fused-ring (bicyclic) bond motifs is 8. The quantitative estimate of drug-likeness (QED) is 0.107. The van der Waals surface area contributed by atoms with Gasteiger partial charge in [-0.25, -0.2) is 4.79 Å². The van der Waals surface area contributed by atoms with Crippen LogP contribution in [-0.4, -0.2) is 45.2 Å². The fraction of sp³-hybridized carbons (Fsp3) is 0.333. The number of carbonyl (C=O) groups is 2. The zero-order chi connectivity index (χ0) is 42.0. The molecule has 3 aliphatic rings. The summed E-state index contributed by atoms with van der Waals surface area (Å²) < 4.78 is 46.9. The van der Waals surface area contributed by atoms with Crippen LogP contribution in [0, 0.1) is 5.41 Å². The monoisotopic (exact) mass is 824 g/mol. The molecule has 4 unspecified atom stereocenters. The Labute approximate surface area is 347 Å². The molecule has 0 radical (unpaired) electrons. The molecule has 0 aliphatic heterocycles. The first kappa shape index (κ1) is 42.0. The Balaban J connectivity index is 1.29. The minimum absolute atomic E-state index is 0.000216. The number of alkyl halides is 3. The normalized spacial score (nSPS) is 22.3. The molecule has 5 aromatic rings. The molecule has 8 rings (SSSR count). The van der Waals surface area contributed by atoms with E-state index in [0.29, 0.717) is 61.8 Å². The van der Waals surface area contributed by atoms with Crippen LogP contribution in [0.5, 0.6) is 0 Å². The maximum atomic E-state index is 14.7. The highest BCUT2D eigenvalue weighted by Crippen LogP contribution is 2.59. The molecule has 59 heavy (non-hydrogen) atoms. The zero-order valence-electron chi connectivity index (χ0n) is 33.1. The van der Waals surface area contributed by atoms with Gasteiger partial charge in [-0.2, -0.15) is 13.2 Å². The van der Waals surface area contributed by atoms with Gasteiger partial charge in [0.1, 0.15) is 5.76 Å². The van der Waals surface area contributed by atoms with Crippen molar-refractivity contribution in [2.75, 3.05) is 11.9 Å². The van der Waals surface area contributed by atoms with Crippen molar-refractivity contribution in [2.24, 2.45) is 5.41 Å². The molecule has 2 amide bonds. The predicted octanol–water partition coefficient (Wildman–Crippen LogP) is 11.6. The highest BCUT2D eigenvalue weighted by atomic mass is 35.5. The van der Waals surface area contributed by atoms with Crippen LogP contribution in [0.1, 0.15) is 96.7 Å². The first-order valence-electron chi connectivity index (χ1n) is 20.0. The molecule has 1 fully saturated rings. The van der Waals surface area contributed by atoms with Crippen LogP contribution >= 0.6 is 11.6 Å². The van der Waals surface area contributed by atoms with Gasteiger partial charge in [-0.05, 0) is 123 Å². The summed E-state index contributed by atoms with van der Waals surface area (Å²) in [6.07, 6.45) is 0.360. The number of para-hydroxylation sites is 1. The third-order valence-electron chi connectivity index (χ3n) is 12.3. The van der Waals surface area contributed by atoms with E-state index < -0.39 is 34.6 Å². The van der Waals surface area contributed by atoms with Crippen molar-refractivity contribution < 1.29 is 37.4 Å². The molecule has 0 saturated heterocycles. The van der Waals surface area contributed by atoms with Crippen molar-refractivity contribution >= 4 is 29.1 Å². The van der Waals surface area contributed by atoms with Crippen LogP contribution in [-0.2, 0) is 19.1 Å². The van der Waals surface area contributed by atoms with Crippen LogP contribution < -0.4 is 5.32 Å². The molecule has 1 aromatic heterocycles. The number of allylic oxidation sites excluding steroid dienone is 2. The number of ketones is 1. The second-order valence-electron chi connectivity index (χ2n) is 16.3. The summed E-state index contributed by atoms with van der Waals surface area (Å²) in [5.41, 5.74) is 1.24. The molecule has 1 saturated carbocycles. The fourth-order valence-electron chi connectivity index (χ4n) is 8.87. The number of anilines is 1. The lowest BCUT2D eigenvalue weighted by Crippen LogP contribution is -2.54. The van der Waals surface area contributed by atoms with Gasteiger partial charge in [0, 0.05) is 28.8 Å². The lowest BCUT2D eigenvalue weighted by atomic mass is 9.64. The van der Waals surface area contributed by atoms with Crippen molar-refractivity contribution in [3.05, 3.63) is 159 Å². The Hall–Kier alpha value is -5.16. The first-order valence-corrected chi connectivity index (χ1v) is 20.4. The first-order chi connectivity index (χ1) is 28.1. The zero-order valence-corrected chi connectivity index (χ0v) is 33.8. The highest BCUT2D eigenvalue weighted by molar-refractivity contribution is 6.33. The maximum absolute atomic E-state index is 14.7. The molecular formula is C48H48ClF3N2O5. The summed E-state index contributed by atoms with van der Waals surface area (Å²) in [6, 6.07) is 29.8. The number of furan rings is 1. The topological polar surface area (TPSA) is 103 Å².